The number of aromatic nitrogens is 18. The van der Waals surface area contributed by atoms with Gasteiger partial charge in [0.1, 0.15) is 0 Å². The number of hydrogen-bond acceptors (Lipinski definition) is 12. The predicted molar refractivity (Wildman–Crippen MR) is 490 cm³/mol. The van der Waals surface area contributed by atoms with Gasteiger partial charge in [0.15, 0.2) is 0 Å². The molecule has 2 aliphatic carbocycles. The molecule has 660 valence electrons. The molecule has 123 heavy (non-hydrogen) atoms. The molecule has 2 aliphatic rings. The van der Waals surface area contributed by atoms with E-state index in [1.165, 1.54) is 57.3 Å². The first-order valence-electron chi connectivity index (χ1n) is 42.6. The van der Waals surface area contributed by atoms with Gasteiger partial charge >= 0.3 is 63.2 Å². The van der Waals surface area contributed by atoms with Crippen LogP contribution < -0.4 is 30.6 Å². The summed E-state index contributed by atoms with van der Waals surface area (Å²) < 4.78 is 0. The van der Waals surface area contributed by atoms with Crippen LogP contribution in [0.15, 0.2) is 165 Å². The summed E-state index contributed by atoms with van der Waals surface area (Å²) in [6.07, 6.45) is 17.8. The Morgan fingerprint density at radius 2 is 0.512 bits per heavy atom. The standard InChI is InChI=1S/C33H43N5.C23H27N5.C19H23N5.3C9H13N.3Pt/c1-30(2,3)22-13-20(14-23(17-22)31(4,5)6)21-15-24(26-18-28(37-35-26)32(7,8)9)34-25(16-21)27-19-29(38-36-27)33(10,11)12;1-22(2)12-6-8-14-18(25-27-20(14)22)16-10-5-11-17(24-16)19-15-9-7-13-23(3,4)21(15)28-26-19;1-18(2,3)16-10-14(21-23-16)12-8-7-9-13(20-12)15-11-17(24-22-15)19(4,5)6;3*1-9(2,3)8-4-6-10-7-5-8;;;/h13-19H,1-12H3;5,10-11H,6-9,12-13H2,1-4H3;7-11H,1-6H3;3*4-7H,1-3H3;;;/q3*-2;;;;3*+2. The minimum absolute atomic E-state index is 0. The van der Waals surface area contributed by atoms with E-state index < -0.39 is 0 Å². The van der Waals surface area contributed by atoms with E-state index in [0.29, 0.717) is 0 Å². The fourth-order valence-corrected chi connectivity index (χ4v) is 14.0. The Bertz CT molecular complexity index is 5150. The summed E-state index contributed by atoms with van der Waals surface area (Å²) in [5.41, 5.74) is 28.3. The van der Waals surface area contributed by atoms with Gasteiger partial charge in [0.2, 0.25) is 0 Å². The number of benzene rings is 1. The molecule has 18 nitrogen and oxygen atoms in total. The summed E-state index contributed by atoms with van der Waals surface area (Å²) in [6, 6.07) is 43.7. The largest absolute Gasteiger partial charge is 2.00 e. The molecule has 12 aromatic heterocycles. The van der Waals surface area contributed by atoms with Crippen LogP contribution in [0.3, 0.4) is 0 Å². The molecule has 0 amide bonds. The average molecular weight is 2200 g/mol. The molecule has 1 aromatic carbocycles. The zero-order valence-electron chi connectivity index (χ0n) is 78.8. The van der Waals surface area contributed by atoms with E-state index in [4.69, 9.17) is 15.0 Å². The maximum absolute atomic E-state index is 5.03. The summed E-state index contributed by atoms with van der Waals surface area (Å²) >= 11 is 0. The Hall–Kier alpha value is -8.56. The molecule has 0 fully saturated rings. The Kier molecular flexibility index (Phi) is 33.0. The third kappa shape index (κ3) is 26.8. The summed E-state index contributed by atoms with van der Waals surface area (Å²) in [4.78, 5) is 26.6. The van der Waals surface area contributed by atoms with Gasteiger partial charge in [0, 0.05) is 104 Å². The van der Waals surface area contributed by atoms with Crippen molar-refractivity contribution in [3.63, 3.8) is 0 Å². The van der Waals surface area contributed by atoms with Crippen molar-refractivity contribution in [2.45, 2.75) is 313 Å². The molecule has 0 radical (unpaired) electrons. The maximum Gasteiger partial charge on any atom is 2.00 e. The number of nitrogens with zero attached hydrogens (tertiary/aromatic N) is 18. The third-order valence-corrected chi connectivity index (χ3v) is 22.1. The van der Waals surface area contributed by atoms with Crippen molar-refractivity contribution >= 4 is 0 Å². The molecule has 0 aliphatic heterocycles. The normalized spacial score (nSPS) is 13.9. The second kappa shape index (κ2) is 40.0. The monoisotopic (exact) mass is 2190 g/mol. The third-order valence-electron chi connectivity index (χ3n) is 22.1. The summed E-state index contributed by atoms with van der Waals surface area (Å²) in [5, 5.41) is 53.4. The molecule has 15 rings (SSSR count). The van der Waals surface area contributed by atoms with Crippen molar-refractivity contribution in [1.29, 1.82) is 0 Å². The van der Waals surface area contributed by atoms with Gasteiger partial charge < -0.3 is 61.2 Å². The second-order valence-corrected chi connectivity index (χ2v) is 42.9. The van der Waals surface area contributed by atoms with E-state index in [9.17, 15) is 0 Å². The summed E-state index contributed by atoms with van der Waals surface area (Å²) in [5.74, 6) is 0. The van der Waals surface area contributed by atoms with E-state index in [-0.39, 0.29) is 123 Å². The van der Waals surface area contributed by atoms with Crippen LogP contribution in [0.5, 0.6) is 0 Å². The predicted octanol–water partition coefficient (Wildman–Crippen LogP) is 23.2. The van der Waals surface area contributed by atoms with Crippen LogP contribution in [0, 0.1) is 0 Å². The average Bonchev–Trinajstić information content (AvgIpc) is 1.62. The minimum atomic E-state index is -0.0902. The number of fused-ring (bicyclic) bond motifs is 2. The maximum atomic E-state index is 5.03. The van der Waals surface area contributed by atoms with E-state index in [2.05, 4.69) is 376 Å². The smallest absolute Gasteiger partial charge is 0.573 e. The molecular weight excluding hydrogens is 2060 g/mol. The van der Waals surface area contributed by atoms with Crippen LogP contribution in [0.1, 0.15) is 313 Å². The van der Waals surface area contributed by atoms with E-state index in [1.54, 1.807) is 0 Å². The fourth-order valence-electron chi connectivity index (χ4n) is 14.0. The topological polar surface area (TPSA) is 239 Å². The van der Waals surface area contributed by atoms with Gasteiger partial charge in [-0.2, -0.15) is 0 Å². The zero-order chi connectivity index (χ0) is 88.2. The van der Waals surface area contributed by atoms with Crippen LogP contribution in [0.2, 0.25) is 0 Å². The van der Waals surface area contributed by atoms with Gasteiger partial charge in [-0.3, -0.25) is 29.9 Å². The Morgan fingerprint density at radius 1 is 0.260 bits per heavy atom. The van der Waals surface area contributed by atoms with E-state index in [0.717, 1.165) is 134 Å². The molecule has 0 N–H and O–H groups in total. The van der Waals surface area contributed by atoms with E-state index in [1.807, 2.05) is 79.6 Å². The van der Waals surface area contributed by atoms with Crippen molar-refractivity contribution in [1.82, 2.24) is 91.1 Å². The summed E-state index contributed by atoms with van der Waals surface area (Å²) in [6.45, 7) is 68.1. The first kappa shape index (κ1) is 102. The van der Waals surface area contributed by atoms with Gasteiger partial charge in [0.25, 0.3) is 0 Å². The first-order chi connectivity index (χ1) is 55.6. The fraction of sp³-hybridized carbons (Fsp3) is 0.471. The molecule has 0 spiro atoms. The SMILES string of the molecule is CC(C)(C)c1cc(-c2cc(-c3cc(C(C)(C)C)n[n-]3)nc(-c3cc(C(C)(C)C)n[n-]3)c2)cc(C(C)(C)C)c1.CC(C)(C)c1cc(-c2cccc(-c3cc(C(C)(C)C)n[n-]3)n2)[n-]n1.CC(C)(C)c1ccncc1.CC(C)(C)c1ccncc1.CC(C)(C)c1ccncc1.CC1(C)CCCc2c1n[n-]c2-c1cccc(-c2[n-]nc3c2CCCC3(C)C)n1.[Pt+2].[Pt+2].[Pt+2]. The van der Waals surface area contributed by atoms with Gasteiger partial charge in [-0.25, -0.2) is 0 Å². The van der Waals surface area contributed by atoms with Crippen molar-refractivity contribution in [3.05, 3.63) is 238 Å². The minimum Gasteiger partial charge on any atom is -0.573 e. The van der Waals surface area contributed by atoms with Crippen LogP contribution in [-0.2, 0) is 136 Å². The van der Waals surface area contributed by atoms with Gasteiger partial charge in [-0.1, -0.05) is 303 Å². The Labute approximate surface area is 778 Å². The van der Waals surface area contributed by atoms with Gasteiger partial charge in [-0.15, -0.1) is 0 Å². The van der Waals surface area contributed by atoms with Crippen LogP contribution in [-0.4, -0.2) is 60.5 Å². The van der Waals surface area contributed by atoms with Crippen molar-refractivity contribution in [2.75, 3.05) is 0 Å². The van der Waals surface area contributed by atoms with Crippen molar-refractivity contribution in [2.24, 2.45) is 0 Å². The van der Waals surface area contributed by atoms with Crippen LogP contribution in [0.4, 0.5) is 0 Å². The molecular formula is C102H132N18Pt3. The zero-order valence-corrected chi connectivity index (χ0v) is 85.6. The quantitative estimate of drug-likeness (QED) is 0.144. The molecule has 0 saturated carbocycles. The van der Waals surface area contributed by atoms with Crippen molar-refractivity contribution < 1.29 is 63.2 Å². The molecule has 0 bridgehead atoms. The van der Waals surface area contributed by atoms with E-state index >= 15 is 0 Å². The number of hydrogen-bond donors (Lipinski definition) is 0. The Morgan fingerprint density at radius 3 is 0.772 bits per heavy atom. The molecule has 0 saturated heterocycles. The second-order valence-electron chi connectivity index (χ2n) is 42.9. The summed E-state index contributed by atoms with van der Waals surface area (Å²) in [7, 11) is 0. The van der Waals surface area contributed by atoms with Crippen molar-refractivity contribution in [3.8, 4) is 79.5 Å². The van der Waals surface area contributed by atoms with Crippen LogP contribution in [0.25, 0.3) is 79.5 Å². The first-order valence-corrected chi connectivity index (χ1v) is 42.6. The molecule has 21 heteroatoms. The number of pyridine rings is 6. The number of rotatable bonds is 7. The molecule has 0 unspecified atom stereocenters. The molecule has 12 heterocycles. The Balaban J connectivity index is 0.000000217. The van der Waals surface area contributed by atoms with Gasteiger partial charge in [-0.05, 0) is 188 Å². The molecule has 13 aromatic rings. The molecule has 0 atom stereocenters. The van der Waals surface area contributed by atoms with Crippen LogP contribution >= 0.6 is 0 Å². The van der Waals surface area contributed by atoms with Gasteiger partial charge in [0.05, 0.1) is 34.2 Å².